The number of benzene rings is 2. The molecule has 3 aromatic rings. The quantitative estimate of drug-likeness (QED) is 0.636. The number of hydrogen-bond acceptors (Lipinski definition) is 5. The van der Waals surface area contributed by atoms with Gasteiger partial charge in [-0.1, -0.05) is 0 Å². The third-order valence-electron chi connectivity index (χ3n) is 3.32. The molecular weight excluding hydrogens is 359 g/mol. The third kappa shape index (κ3) is 4.80. The number of rotatable bonds is 6. The summed E-state index contributed by atoms with van der Waals surface area (Å²) in [5.74, 6) is 0.584. The number of nitrogens with zero attached hydrogens (tertiary/aromatic N) is 1. The van der Waals surface area contributed by atoms with Gasteiger partial charge in [-0.15, -0.1) is 23.1 Å². The highest BCUT2D eigenvalue weighted by atomic mass is 32.2. The van der Waals surface area contributed by atoms with Crippen molar-refractivity contribution in [2.45, 2.75) is 4.90 Å². The molecule has 0 bridgehead atoms. The molecule has 0 fully saturated rings. The van der Waals surface area contributed by atoms with E-state index in [4.69, 9.17) is 4.74 Å². The summed E-state index contributed by atoms with van der Waals surface area (Å²) in [5.41, 5.74) is 1.76. The van der Waals surface area contributed by atoms with Gasteiger partial charge in [-0.25, -0.2) is 9.37 Å². The second kappa shape index (κ2) is 8.13. The van der Waals surface area contributed by atoms with Crippen LogP contribution in [0.1, 0.15) is 0 Å². The van der Waals surface area contributed by atoms with Gasteiger partial charge in [0, 0.05) is 15.8 Å². The van der Waals surface area contributed by atoms with E-state index in [1.807, 2.05) is 29.6 Å². The Labute approximate surface area is 153 Å². The molecule has 0 atom stereocenters. The highest BCUT2D eigenvalue weighted by molar-refractivity contribution is 8.00. The first-order valence-electron chi connectivity index (χ1n) is 7.42. The Morgan fingerprint density at radius 2 is 1.92 bits per heavy atom. The number of methoxy groups -OCH3 is 1. The van der Waals surface area contributed by atoms with Gasteiger partial charge in [0.05, 0.1) is 18.6 Å². The Morgan fingerprint density at radius 1 is 1.20 bits per heavy atom. The number of hydrogen-bond donors (Lipinski definition) is 1. The van der Waals surface area contributed by atoms with E-state index in [1.165, 1.54) is 35.2 Å². The average molecular weight is 374 g/mol. The lowest BCUT2D eigenvalue weighted by molar-refractivity contribution is -0.113. The molecule has 0 aliphatic rings. The van der Waals surface area contributed by atoms with Gasteiger partial charge in [0.2, 0.25) is 5.91 Å². The Kier molecular flexibility index (Phi) is 5.67. The van der Waals surface area contributed by atoms with Crippen LogP contribution in [-0.2, 0) is 4.79 Å². The van der Waals surface area contributed by atoms with E-state index in [9.17, 15) is 9.18 Å². The lowest BCUT2D eigenvalue weighted by atomic mass is 10.2. The summed E-state index contributed by atoms with van der Waals surface area (Å²) in [6, 6.07) is 13.6. The van der Waals surface area contributed by atoms with Gasteiger partial charge < -0.3 is 10.1 Å². The highest BCUT2D eigenvalue weighted by Crippen LogP contribution is 2.27. The normalized spacial score (nSPS) is 10.5. The van der Waals surface area contributed by atoms with Crippen LogP contribution in [0.4, 0.5) is 9.52 Å². The van der Waals surface area contributed by atoms with E-state index in [0.717, 1.165) is 21.9 Å². The number of carbonyl (C=O) groups excluding carboxylic acids is 1. The molecule has 4 nitrogen and oxygen atoms in total. The van der Waals surface area contributed by atoms with Crippen molar-refractivity contribution in [3.05, 3.63) is 59.7 Å². The zero-order chi connectivity index (χ0) is 17.6. The molecule has 0 aliphatic heterocycles. The van der Waals surface area contributed by atoms with Crippen molar-refractivity contribution in [3.8, 4) is 17.0 Å². The molecule has 1 aromatic heterocycles. The second-order valence-corrected chi connectivity index (χ2v) is 6.96. The molecule has 0 radical (unpaired) electrons. The summed E-state index contributed by atoms with van der Waals surface area (Å²) in [4.78, 5) is 17.3. The van der Waals surface area contributed by atoms with Crippen molar-refractivity contribution >= 4 is 34.1 Å². The minimum Gasteiger partial charge on any atom is -0.497 e. The fourth-order valence-electron chi connectivity index (χ4n) is 2.06. The Balaban J connectivity index is 1.56. The summed E-state index contributed by atoms with van der Waals surface area (Å²) in [6.45, 7) is 0. The van der Waals surface area contributed by atoms with E-state index in [-0.39, 0.29) is 17.5 Å². The van der Waals surface area contributed by atoms with Crippen molar-refractivity contribution in [2.75, 3.05) is 18.2 Å². The van der Waals surface area contributed by atoms with Crippen LogP contribution < -0.4 is 10.1 Å². The maximum absolute atomic E-state index is 12.9. The second-order valence-electron chi connectivity index (χ2n) is 5.06. The number of anilines is 1. The molecular formula is C18H15FN2O2S2. The Morgan fingerprint density at radius 3 is 2.60 bits per heavy atom. The van der Waals surface area contributed by atoms with Crippen LogP contribution in [0.3, 0.4) is 0 Å². The molecule has 0 saturated heterocycles. The first kappa shape index (κ1) is 17.4. The van der Waals surface area contributed by atoms with Crippen LogP contribution in [0.15, 0.2) is 58.8 Å². The minimum atomic E-state index is -0.289. The lowest BCUT2D eigenvalue weighted by Crippen LogP contribution is -2.13. The fourth-order valence-corrected chi connectivity index (χ4v) is 3.49. The van der Waals surface area contributed by atoms with Crippen molar-refractivity contribution in [1.29, 1.82) is 0 Å². The van der Waals surface area contributed by atoms with Gasteiger partial charge >= 0.3 is 0 Å². The van der Waals surface area contributed by atoms with Crippen LogP contribution in [0, 0.1) is 5.82 Å². The van der Waals surface area contributed by atoms with E-state index >= 15 is 0 Å². The standard InChI is InChI=1S/C18H15FN2O2S2/c1-23-14-6-2-12(3-7-14)16-10-25-18(20-16)21-17(22)11-24-15-8-4-13(19)5-9-15/h2-10H,11H2,1H3,(H,20,21,22). The lowest BCUT2D eigenvalue weighted by Gasteiger charge is -2.02. The van der Waals surface area contributed by atoms with E-state index in [0.29, 0.717) is 5.13 Å². The molecule has 3 rings (SSSR count). The number of halogens is 1. The molecule has 1 amide bonds. The molecule has 7 heteroatoms. The number of carbonyl (C=O) groups is 1. The fraction of sp³-hybridized carbons (Fsp3) is 0.111. The molecule has 1 N–H and O–H groups in total. The van der Waals surface area contributed by atoms with Crippen LogP contribution in [-0.4, -0.2) is 23.8 Å². The number of thiazole rings is 1. The van der Waals surface area contributed by atoms with Crippen LogP contribution in [0.25, 0.3) is 11.3 Å². The zero-order valence-electron chi connectivity index (χ0n) is 13.4. The first-order valence-corrected chi connectivity index (χ1v) is 9.29. The average Bonchev–Trinajstić information content (AvgIpc) is 3.10. The Bertz CT molecular complexity index is 848. The maximum atomic E-state index is 12.9. The Hall–Kier alpha value is -2.38. The van der Waals surface area contributed by atoms with E-state index in [2.05, 4.69) is 10.3 Å². The molecule has 0 aliphatic carbocycles. The first-order chi connectivity index (χ1) is 12.1. The summed E-state index contributed by atoms with van der Waals surface area (Å²) < 4.78 is 18.0. The highest BCUT2D eigenvalue weighted by Gasteiger charge is 2.09. The predicted octanol–water partition coefficient (Wildman–Crippen LogP) is 4.69. The number of ether oxygens (including phenoxy) is 1. The minimum absolute atomic E-state index is 0.148. The summed E-state index contributed by atoms with van der Waals surface area (Å²) in [5, 5.41) is 5.23. The third-order valence-corrected chi connectivity index (χ3v) is 5.09. The summed E-state index contributed by atoms with van der Waals surface area (Å²) >= 11 is 2.72. The number of amides is 1. The smallest absolute Gasteiger partial charge is 0.236 e. The molecule has 2 aromatic carbocycles. The predicted molar refractivity (Wildman–Crippen MR) is 99.9 cm³/mol. The zero-order valence-corrected chi connectivity index (χ0v) is 15.0. The molecule has 25 heavy (non-hydrogen) atoms. The molecule has 0 spiro atoms. The van der Waals surface area contributed by atoms with Crippen molar-refractivity contribution in [3.63, 3.8) is 0 Å². The molecule has 128 valence electrons. The van der Waals surface area contributed by atoms with Gasteiger partial charge in [-0.2, -0.15) is 0 Å². The number of thioether (sulfide) groups is 1. The maximum Gasteiger partial charge on any atom is 0.236 e. The van der Waals surface area contributed by atoms with Gasteiger partial charge in [0.25, 0.3) is 0 Å². The topological polar surface area (TPSA) is 51.2 Å². The van der Waals surface area contributed by atoms with Gasteiger partial charge in [0.15, 0.2) is 5.13 Å². The molecule has 1 heterocycles. The molecule has 0 unspecified atom stereocenters. The monoisotopic (exact) mass is 374 g/mol. The van der Waals surface area contributed by atoms with E-state index in [1.54, 1.807) is 19.2 Å². The van der Waals surface area contributed by atoms with Crippen LogP contribution >= 0.6 is 23.1 Å². The largest absolute Gasteiger partial charge is 0.497 e. The van der Waals surface area contributed by atoms with Crippen LogP contribution in [0.5, 0.6) is 5.75 Å². The van der Waals surface area contributed by atoms with E-state index < -0.39 is 0 Å². The molecule has 0 saturated carbocycles. The van der Waals surface area contributed by atoms with Gasteiger partial charge in [-0.05, 0) is 48.5 Å². The van der Waals surface area contributed by atoms with Crippen LogP contribution in [0.2, 0.25) is 0 Å². The number of nitrogens with one attached hydrogen (secondary N) is 1. The SMILES string of the molecule is COc1ccc(-c2csc(NC(=O)CSc3ccc(F)cc3)n2)cc1. The summed E-state index contributed by atoms with van der Waals surface area (Å²) in [7, 11) is 1.62. The number of aromatic nitrogens is 1. The van der Waals surface area contributed by atoms with Crippen molar-refractivity contribution < 1.29 is 13.9 Å². The van der Waals surface area contributed by atoms with Crippen molar-refractivity contribution in [2.24, 2.45) is 0 Å². The van der Waals surface area contributed by atoms with Gasteiger partial charge in [0.1, 0.15) is 11.6 Å². The summed E-state index contributed by atoms with van der Waals surface area (Å²) in [6.07, 6.45) is 0. The van der Waals surface area contributed by atoms with Gasteiger partial charge in [-0.3, -0.25) is 4.79 Å². The van der Waals surface area contributed by atoms with Crippen molar-refractivity contribution in [1.82, 2.24) is 4.98 Å².